The van der Waals surface area contributed by atoms with Gasteiger partial charge in [-0.1, -0.05) is 18.2 Å². The first-order chi connectivity index (χ1) is 24.0. The molecule has 0 radical (unpaired) electrons. The van der Waals surface area contributed by atoms with E-state index in [9.17, 15) is 44.2 Å². The van der Waals surface area contributed by atoms with Crippen molar-refractivity contribution in [2.45, 2.75) is 0 Å². The molecule has 5 aromatic rings. The van der Waals surface area contributed by atoms with E-state index in [1.54, 1.807) is 18.2 Å². The molecule has 2 heterocycles. The molecule has 0 fully saturated rings. The van der Waals surface area contributed by atoms with Crippen LogP contribution >= 0.6 is 0 Å². The summed E-state index contributed by atoms with van der Waals surface area (Å²) in [7, 11) is 0. The minimum absolute atomic E-state index is 0.0211. The van der Waals surface area contributed by atoms with Gasteiger partial charge in [-0.05, 0) is 72.8 Å². The molecule has 50 heavy (non-hydrogen) atoms. The van der Waals surface area contributed by atoms with Crippen LogP contribution in [0.5, 0.6) is 23.0 Å². The van der Waals surface area contributed by atoms with Crippen LogP contribution in [0.3, 0.4) is 0 Å². The second-order valence-electron chi connectivity index (χ2n) is 11.0. The van der Waals surface area contributed by atoms with E-state index in [0.717, 1.165) is 21.9 Å². The van der Waals surface area contributed by atoms with Crippen molar-refractivity contribution in [1.29, 1.82) is 5.26 Å². The van der Waals surface area contributed by atoms with Crippen LogP contribution in [-0.4, -0.2) is 45.8 Å². The second kappa shape index (κ2) is 11.9. The van der Waals surface area contributed by atoms with Crippen LogP contribution < -0.4 is 19.3 Å². The highest BCUT2D eigenvalue weighted by Gasteiger charge is 2.38. The molecule has 0 aliphatic carbocycles. The van der Waals surface area contributed by atoms with Gasteiger partial charge in [0.15, 0.2) is 0 Å². The van der Waals surface area contributed by atoms with Crippen LogP contribution in [0.2, 0.25) is 0 Å². The van der Waals surface area contributed by atoms with Gasteiger partial charge in [0.1, 0.15) is 34.6 Å². The number of carbonyl (C=O) groups is 6. The van der Waals surface area contributed by atoms with Crippen LogP contribution in [0.4, 0.5) is 11.4 Å². The van der Waals surface area contributed by atoms with E-state index < -0.39 is 35.6 Å². The zero-order chi connectivity index (χ0) is 35.3. The first-order valence-corrected chi connectivity index (χ1v) is 14.7. The number of anilines is 2. The third kappa shape index (κ3) is 5.15. The molecule has 0 aromatic heterocycles. The summed E-state index contributed by atoms with van der Waals surface area (Å²) in [6.45, 7) is 0. The lowest BCUT2D eigenvalue weighted by molar-refractivity contribution is 0.0686. The molecule has 242 valence electrons. The molecule has 13 heteroatoms. The standard InChI is InChI=1S/C37H19N3O10/c38-18-29-30(49-23-6-1-4-21(16-23)39-32(41)25-12-10-19(36(45)46)14-27(25)34(39)43)8-3-9-31(29)50-24-7-2-5-22(17-24)40-33(42)26-13-11-20(37(47)48)15-28(26)35(40)44/h1-17H,(H,45,46)(H,47,48). The fourth-order valence-electron chi connectivity index (χ4n) is 5.63. The number of imide groups is 2. The van der Waals surface area contributed by atoms with Crippen molar-refractivity contribution < 1.29 is 48.5 Å². The van der Waals surface area contributed by atoms with Crippen molar-refractivity contribution in [1.82, 2.24) is 0 Å². The molecule has 5 aromatic carbocycles. The molecular formula is C37H19N3O10. The SMILES string of the molecule is N#Cc1c(Oc2cccc(N3C(=O)c4ccc(C(=O)O)cc4C3=O)c2)cccc1Oc1cccc(N2C(=O)c3ccc(C(=O)O)cc3C2=O)c1. The van der Waals surface area contributed by atoms with E-state index in [0.29, 0.717) is 0 Å². The maximum absolute atomic E-state index is 13.2. The van der Waals surface area contributed by atoms with Crippen molar-refractivity contribution in [2.75, 3.05) is 9.80 Å². The van der Waals surface area contributed by atoms with E-state index in [1.807, 2.05) is 6.07 Å². The van der Waals surface area contributed by atoms with Crippen LogP contribution in [-0.2, 0) is 0 Å². The Morgan fingerprint density at radius 3 is 1.34 bits per heavy atom. The molecule has 0 saturated carbocycles. The highest BCUT2D eigenvalue weighted by molar-refractivity contribution is 6.35. The number of carboxylic acids is 2. The molecule has 0 atom stereocenters. The molecule has 2 aliphatic rings. The number of ether oxygens (including phenoxy) is 2. The van der Waals surface area contributed by atoms with Crippen molar-refractivity contribution in [2.24, 2.45) is 0 Å². The van der Waals surface area contributed by atoms with E-state index in [4.69, 9.17) is 9.47 Å². The zero-order valence-electron chi connectivity index (χ0n) is 25.3. The summed E-state index contributed by atoms with van der Waals surface area (Å²) >= 11 is 0. The Morgan fingerprint density at radius 2 is 0.940 bits per heavy atom. The maximum Gasteiger partial charge on any atom is 0.335 e. The highest BCUT2D eigenvalue weighted by Crippen LogP contribution is 2.38. The summed E-state index contributed by atoms with van der Waals surface area (Å²) in [5.74, 6) is -4.69. The number of fused-ring (bicyclic) bond motifs is 2. The van der Waals surface area contributed by atoms with E-state index in [2.05, 4.69) is 0 Å². The van der Waals surface area contributed by atoms with Gasteiger partial charge >= 0.3 is 11.9 Å². The Bertz CT molecular complexity index is 2250. The largest absolute Gasteiger partial charge is 0.478 e. The molecule has 13 nitrogen and oxygen atoms in total. The van der Waals surface area contributed by atoms with E-state index >= 15 is 0 Å². The smallest absolute Gasteiger partial charge is 0.335 e. The lowest BCUT2D eigenvalue weighted by Gasteiger charge is -2.17. The Labute approximate surface area is 281 Å². The second-order valence-corrected chi connectivity index (χ2v) is 11.0. The minimum atomic E-state index is -1.24. The number of hydrogen-bond donors (Lipinski definition) is 2. The summed E-state index contributed by atoms with van der Waals surface area (Å²) in [6.07, 6.45) is 0. The van der Waals surface area contributed by atoms with Gasteiger partial charge in [-0.25, -0.2) is 19.4 Å². The molecule has 0 bridgehead atoms. The van der Waals surface area contributed by atoms with Crippen molar-refractivity contribution in [3.05, 3.63) is 142 Å². The fraction of sp³-hybridized carbons (Fsp3) is 0. The molecule has 2 N–H and O–H groups in total. The number of carboxylic acid groups (broad SMARTS) is 2. The Balaban J connectivity index is 1.13. The lowest BCUT2D eigenvalue weighted by atomic mass is 10.1. The Hall–Kier alpha value is -7.59. The highest BCUT2D eigenvalue weighted by atomic mass is 16.5. The summed E-state index contributed by atoms with van der Waals surface area (Å²) in [6, 6.07) is 26.0. The third-order valence-corrected chi connectivity index (χ3v) is 7.97. The molecule has 2 aliphatic heterocycles. The van der Waals surface area contributed by atoms with Crippen LogP contribution in [0, 0.1) is 11.3 Å². The fourth-order valence-corrected chi connectivity index (χ4v) is 5.63. The van der Waals surface area contributed by atoms with Gasteiger partial charge in [0.25, 0.3) is 23.6 Å². The molecule has 7 rings (SSSR count). The van der Waals surface area contributed by atoms with Gasteiger partial charge < -0.3 is 19.7 Å². The molecule has 0 unspecified atom stereocenters. The first kappa shape index (κ1) is 31.0. The van der Waals surface area contributed by atoms with Crippen molar-refractivity contribution in [3.8, 4) is 29.1 Å². The number of carbonyl (C=O) groups excluding carboxylic acids is 4. The van der Waals surface area contributed by atoms with Gasteiger partial charge in [-0.3, -0.25) is 19.2 Å². The topological polar surface area (TPSA) is 192 Å². The monoisotopic (exact) mass is 665 g/mol. The van der Waals surface area contributed by atoms with Gasteiger partial charge in [-0.15, -0.1) is 0 Å². The number of rotatable bonds is 8. The maximum atomic E-state index is 13.2. The lowest BCUT2D eigenvalue weighted by Crippen LogP contribution is -2.29. The van der Waals surface area contributed by atoms with Crippen LogP contribution in [0.1, 0.15) is 67.7 Å². The number of nitriles is 1. The quantitative estimate of drug-likeness (QED) is 0.181. The van der Waals surface area contributed by atoms with E-state index in [-0.39, 0.29) is 73.3 Å². The molecule has 0 saturated heterocycles. The molecule has 0 spiro atoms. The summed E-state index contributed by atoms with van der Waals surface area (Å²) in [5.41, 5.74) is 0.0373. The predicted molar refractivity (Wildman–Crippen MR) is 173 cm³/mol. The Kier molecular flexibility index (Phi) is 7.38. The van der Waals surface area contributed by atoms with Crippen LogP contribution in [0.15, 0.2) is 103 Å². The average molecular weight is 666 g/mol. The number of aromatic carboxylic acids is 2. The van der Waals surface area contributed by atoms with Gasteiger partial charge in [0.05, 0.1) is 44.8 Å². The molecular weight excluding hydrogens is 646 g/mol. The van der Waals surface area contributed by atoms with Crippen molar-refractivity contribution >= 4 is 46.9 Å². The normalized spacial score (nSPS) is 13.2. The van der Waals surface area contributed by atoms with Crippen LogP contribution in [0.25, 0.3) is 0 Å². The summed E-state index contributed by atoms with van der Waals surface area (Å²) < 4.78 is 12.0. The first-order valence-electron chi connectivity index (χ1n) is 14.7. The van der Waals surface area contributed by atoms with Gasteiger partial charge in [0.2, 0.25) is 0 Å². The Morgan fingerprint density at radius 1 is 0.540 bits per heavy atom. The molecule has 4 amide bonds. The average Bonchev–Trinajstić information content (AvgIpc) is 3.51. The summed E-state index contributed by atoms with van der Waals surface area (Å²) in [5, 5.41) is 28.7. The number of benzene rings is 5. The minimum Gasteiger partial charge on any atom is -0.478 e. The van der Waals surface area contributed by atoms with Gasteiger partial charge in [-0.2, -0.15) is 5.26 Å². The number of hydrogen-bond acceptors (Lipinski definition) is 9. The van der Waals surface area contributed by atoms with E-state index in [1.165, 1.54) is 72.8 Å². The predicted octanol–water partition coefficient (Wildman–Crippen LogP) is 6.14. The third-order valence-electron chi connectivity index (χ3n) is 7.97. The van der Waals surface area contributed by atoms with Gasteiger partial charge in [0, 0.05) is 12.1 Å². The zero-order valence-corrected chi connectivity index (χ0v) is 25.3. The summed E-state index contributed by atoms with van der Waals surface area (Å²) in [4.78, 5) is 77.1. The van der Waals surface area contributed by atoms with Crippen molar-refractivity contribution in [3.63, 3.8) is 0 Å². The number of nitrogens with zero attached hydrogens (tertiary/aromatic N) is 3. The number of amides is 4.